The van der Waals surface area contributed by atoms with Gasteiger partial charge >= 0.3 is 5.97 Å². The Morgan fingerprint density at radius 3 is 2.51 bits per heavy atom. The molecular weight excluding hydrogens is 544 g/mol. The van der Waals surface area contributed by atoms with Crippen molar-refractivity contribution in [2.75, 3.05) is 0 Å². The van der Waals surface area contributed by atoms with Crippen LogP contribution in [0, 0.1) is 46.3 Å². The predicted octanol–water partition coefficient (Wildman–Crippen LogP) is 9.95. The van der Waals surface area contributed by atoms with Gasteiger partial charge in [0.25, 0.3) is 0 Å². The molecule has 1 aromatic rings. The highest BCUT2D eigenvalue weighted by Crippen LogP contribution is 2.67. The van der Waals surface area contributed by atoms with Crippen LogP contribution in [0.5, 0.6) is 0 Å². The molecule has 5 rings (SSSR count). The molecule has 0 N–H and O–H groups in total. The van der Waals surface area contributed by atoms with Gasteiger partial charge in [-0.3, -0.25) is 4.79 Å². The lowest BCUT2D eigenvalue weighted by Gasteiger charge is -2.58. The number of rotatable bonds is 9. The van der Waals surface area contributed by atoms with Crippen LogP contribution in [0.15, 0.2) is 42.0 Å². The topological polar surface area (TPSA) is 26.3 Å². The van der Waals surface area contributed by atoms with Crippen molar-refractivity contribution >= 4 is 21.9 Å². The largest absolute Gasteiger partial charge is 0.461 e. The van der Waals surface area contributed by atoms with Gasteiger partial charge in [-0.05, 0) is 103 Å². The van der Waals surface area contributed by atoms with Crippen LogP contribution in [0.4, 0.5) is 0 Å². The van der Waals surface area contributed by atoms with E-state index in [1.165, 1.54) is 57.8 Å². The van der Waals surface area contributed by atoms with Gasteiger partial charge < -0.3 is 4.74 Å². The van der Waals surface area contributed by atoms with Crippen molar-refractivity contribution in [3.63, 3.8) is 0 Å². The molecule has 3 heteroatoms. The molecule has 216 valence electrons. The molecule has 0 aromatic heterocycles. The van der Waals surface area contributed by atoms with Crippen molar-refractivity contribution < 1.29 is 9.53 Å². The Balaban J connectivity index is 1.21. The maximum atomic E-state index is 12.9. The summed E-state index contributed by atoms with van der Waals surface area (Å²) in [6, 6.07) is 10.2. The van der Waals surface area contributed by atoms with Crippen LogP contribution >= 0.6 is 15.9 Å². The first-order valence-corrected chi connectivity index (χ1v) is 17.1. The summed E-state index contributed by atoms with van der Waals surface area (Å²) in [6.45, 7) is 12.6. The summed E-state index contributed by atoms with van der Waals surface area (Å²) in [6.07, 6.45) is 17.6. The number of alkyl halides is 1. The second-order valence-electron chi connectivity index (χ2n) is 14.7. The van der Waals surface area contributed by atoms with Gasteiger partial charge in [0.15, 0.2) is 0 Å². The highest BCUT2D eigenvalue weighted by molar-refractivity contribution is 9.10. The minimum atomic E-state index is -0.281. The van der Waals surface area contributed by atoms with E-state index in [-0.39, 0.29) is 16.9 Å². The zero-order valence-corrected chi connectivity index (χ0v) is 26.8. The Labute approximate surface area is 247 Å². The van der Waals surface area contributed by atoms with Gasteiger partial charge in [-0.2, -0.15) is 0 Å². The van der Waals surface area contributed by atoms with Crippen molar-refractivity contribution in [1.82, 2.24) is 0 Å². The van der Waals surface area contributed by atoms with Crippen LogP contribution in [0.2, 0.25) is 0 Å². The lowest BCUT2D eigenvalue weighted by atomic mass is 9.47. The Bertz CT molecular complexity index is 1020. The number of fused-ring (bicyclic) bond motifs is 5. The Kier molecular flexibility index (Phi) is 9.07. The third-order valence-electron chi connectivity index (χ3n) is 12.1. The molecule has 0 radical (unpaired) electrons. The average Bonchev–Trinajstić information content (AvgIpc) is 3.26. The lowest BCUT2D eigenvalue weighted by molar-refractivity contribution is -0.150. The van der Waals surface area contributed by atoms with Crippen molar-refractivity contribution in [3.05, 3.63) is 47.5 Å². The molecule has 4 aliphatic carbocycles. The summed E-state index contributed by atoms with van der Waals surface area (Å²) in [5.41, 5.74) is 3.60. The molecule has 1 aromatic carbocycles. The molecule has 39 heavy (non-hydrogen) atoms. The van der Waals surface area contributed by atoms with Gasteiger partial charge in [0, 0.05) is 6.42 Å². The highest BCUT2D eigenvalue weighted by Gasteiger charge is 2.59. The van der Waals surface area contributed by atoms with Gasteiger partial charge in [-0.1, -0.05) is 112 Å². The van der Waals surface area contributed by atoms with E-state index in [0.29, 0.717) is 17.3 Å². The van der Waals surface area contributed by atoms with Crippen LogP contribution in [0.3, 0.4) is 0 Å². The fraction of sp³-hybridized carbons (Fsp3) is 0.750. The number of benzene rings is 1. The molecule has 0 aliphatic heterocycles. The van der Waals surface area contributed by atoms with E-state index in [2.05, 4.69) is 68.8 Å². The Morgan fingerprint density at radius 2 is 1.77 bits per heavy atom. The maximum Gasteiger partial charge on any atom is 0.320 e. The number of carbonyl (C=O) groups is 1. The lowest BCUT2D eigenvalue weighted by Crippen LogP contribution is -2.51. The number of carbonyl (C=O) groups excluding carboxylic acids is 1. The molecule has 3 fully saturated rings. The number of allylic oxidation sites excluding steroid dienone is 1. The smallest absolute Gasteiger partial charge is 0.320 e. The van der Waals surface area contributed by atoms with Gasteiger partial charge in [-0.15, -0.1) is 0 Å². The molecule has 4 aliphatic rings. The van der Waals surface area contributed by atoms with Crippen LogP contribution in [-0.4, -0.2) is 16.9 Å². The summed E-state index contributed by atoms with van der Waals surface area (Å²) in [4.78, 5) is 12.7. The third-order valence-corrected chi connectivity index (χ3v) is 12.8. The van der Waals surface area contributed by atoms with Crippen molar-refractivity contribution in [1.29, 1.82) is 0 Å². The van der Waals surface area contributed by atoms with E-state index in [1.807, 2.05) is 18.2 Å². The number of ether oxygens (including phenoxy) is 1. The zero-order chi connectivity index (χ0) is 27.8. The second-order valence-corrected chi connectivity index (χ2v) is 15.9. The van der Waals surface area contributed by atoms with Gasteiger partial charge in [0.05, 0.1) is 0 Å². The molecule has 2 nitrogen and oxygen atoms in total. The van der Waals surface area contributed by atoms with Gasteiger partial charge in [-0.25, -0.2) is 0 Å². The van der Waals surface area contributed by atoms with Crippen LogP contribution in [0.1, 0.15) is 111 Å². The minimum absolute atomic E-state index is 0.0283. The first-order valence-electron chi connectivity index (χ1n) is 16.2. The van der Waals surface area contributed by atoms with E-state index in [4.69, 9.17) is 4.74 Å². The van der Waals surface area contributed by atoms with E-state index < -0.39 is 0 Å². The van der Waals surface area contributed by atoms with E-state index in [0.717, 1.165) is 53.9 Å². The third kappa shape index (κ3) is 5.96. The van der Waals surface area contributed by atoms with Crippen molar-refractivity contribution in [3.8, 4) is 0 Å². The summed E-state index contributed by atoms with van der Waals surface area (Å²) < 4.78 is 6.10. The molecule has 3 saturated carbocycles. The molecule has 0 spiro atoms. The normalized spacial score (nSPS) is 37.3. The van der Waals surface area contributed by atoms with Gasteiger partial charge in [0.2, 0.25) is 0 Å². The number of hydrogen-bond donors (Lipinski definition) is 0. The number of esters is 1. The van der Waals surface area contributed by atoms with E-state index in [9.17, 15) is 4.79 Å². The van der Waals surface area contributed by atoms with Crippen molar-refractivity contribution in [2.45, 2.75) is 123 Å². The fourth-order valence-electron chi connectivity index (χ4n) is 9.90. The maximum absolute atomic E-state index is 12.9. The zero-order valence-electron chi connectivity index (χ0n) is 25.3. The number of halogens is 1. The van der Waals surface area contributed by atoms with Crippen LogP contribution < -0.4 is 0 Å². The summed E-state index contributed by atoms with van der Waals surface area (Å²) in [5, 5.41) is 0. The molecule has 9 atom stereocenters. The molecule has 0 amide bonds. The monoisotopic (exact) mass is 596 g/mol. The van der Waals surface area contributed by atoms with Crippen molar-refractivity contribution in [2.24, 2.45) is 46.3 Å². The quantitative estimate of drug-likeness (QED) is 0.161. The predicted molar refractivity (Wildman–Crippen MR) is 166 cm³/mol. The highest BCUT2D eigenvalue weighted by atomic mass is 79.9. The average molecular weight is 598 g/mol. The summed E-state index contributed by atoms with van der Waals surface area (Å²) >= 11 is 3.61. The standard InChI is InChI=1S/C36H53BrO2/c1-24(2)10-9-11-25(3)30-16-17-31-29-15-14-27-23-28(18-20-35(27,4)32(29)19-21-36(30,31)5)39-34(38)33(37)22-26-12-7-6-8-13-26/h6-8,12-14,24-25,28-33H,9-11,15-23H2,1-5H3/t25-,28-,29+,30-,31+,32+,33-,35-,36+/m0/s1. The minimum Gasteiger partial charge on any atom is -0.461 e. The molecular formula is C36H53BrO2. The van der Waals surface area contributed by atoms with E-state index >= 15 is 0 Å². The van der Waals surface area contributed by atoms with Crippen LogP contribution in [-0.2, 0) is 16.0 Å². The SMILES string of the molecule is CC(C)CCC[C@H](C)[C@@H]1CC[C@@H]2[C@H]3CC=C4C[C@@H](OC(=O)[C@@H](Br)Cc5ccccc5)CC[C@]4(C)[C@@H]3CC[C@@]21C. The summed E-state index contributed by atoms with van der Waals surface area (Å²) in [5.74, 6) is 5.06. The molecule has 0 bridgehead atoms. The summed E-state index contributed by atoms with van der Waals surface area (Å²) in [7, 11) is 0. The van der Waals surface area contributed by atoms with Crippen LogP contribution in [0.25, 0.3) is 0 Å². The number of hydrogen-bond acceptors (Lipinski definition) is 2. The second kappa shape index (κ2) is 12.0. The molecule has 0 heterocycles. The first-order chi connectivity index (χ1) is 18.6. The molecule has 0 saturated heterocycles. The Hall–Kier alpha value is -1.09. The Morgan fingerprint density at radius 1 is 1.00 bits per heavy atom. The van der Waals surface area contributed by atoms with Gasteiger partial charge in [0.1, 0.15) is 10.9 Å². The fourth-order valence-corrected chi connectivity index (χ4v) is 10.4. The molecule has 0 unspecified atom stereocenters. The first kappa shape index (κ1) is 29.4. The van der Waals surface area contributed by atoms with E-state index in [1.54, 1.807) is 5.57 Å².